The number of pyridine rings is 1. The Labute approximate surface area is 102 Å². The van der Waals surface area contributed by atoms with Gasteiger partial charge in [-0.25, -0.2) is 9.37 Å². The van der Waals surface area contributed by atoms with E-state index in [2.05, 4.69) is 20.9 Å². The maximum atomic E-state index is 13.4. The van der Waals surface area contributed by atoms with Crippen molar-refractivity contribution < 1.29 is 9.13 Å². The van der Waals surface area contributed by atoms with Gasteiger partial charge in [0, 0.05) is 10.9 Å². The summed E-state index contributed by atoms with van der Waals surface area (Å²) in [4.78, 5) is 4.35. The zero-order chi connectivity index (χ0) is 11.7. The van der Waals surface area contributed by atoms with E-state index >= 15 is 0 Å². The predicted octanol–water partition coefficient (Wildman–Crippen LogP) is 3.71. The highest BCUT2D eigenvalue weighted by Gasteiger charge is 2.08. The number of rotatable bonds is 2. The third-order valence-electron chi connectivity index (χ3n) is 2.47. The monoisotopic (exact) mass is 283 g/mol. The Morgan fingerprint density at radius 3 is 2.75 bits per heavy atom. The van der Waals surface area contributed by atoms with E-state index in [1.807, 2.05) is 13.0 Å². The van der Waals surface area contributed by atoms with Gasteiger partial charge in [0.2, 0.25) is 5.88 Å². The quantitative estimate of drug-likeness (QED) is 0.838. The molecule has 16 heavy (non-hydrogen) atoms. The molecule has 0 atom stereocenters. The van der Waals surface area contributed by atoms with Crippen LogP contribution in [-0.2, 0) is 6.42 Å². The van der Waals surface area contributed by atoms with Crippen LogP contribution in [0, 0.1) is 5.82 Å². The van der Waals surface area contributed by atoms with Crippen LogP contribution in [0.1, 0.15) is 12.5 Å². The van der Waals surface area contributed by atoms with E-state index in [4.69, 9.17) is 4.74 Å². The van der Waals surface area contributed by atoms with Crippen molar-refractivity contribution in [1.29, 1.82) is 0 Å². The molecule has 2 rings (SSSR count). The summed E-state index contributed by atoms with van der Waals surface area (Å²) in [6, 6.07) is 5.05. The van der Waals surface area contributed by atoms with E-state index in [-0.39, 0.29) is 5.82 Å². The van der Waals surface area contributed by atoms with Crippen molar-refractivity contribution in [2.45, 2.75) is 13.3 Å². The second-order valence-electron chi connectivity index (χ2n) is 3.47. The minimum Gasteiger partial charge on any atom is -0.481 e. The lowest BCUT2D eigenvalue weighted by Crippen LogP contribution is -1.95. The molecule has 84 valence electrons. The summed E-state index contributed by atoms with van der Waals surface area (Å²) in [5.74, 6) is 0.329. The predicted molar refractivity (Wildman–Crippen MR) is 65.3 cm³/mol. The number of fused-ring (bicyclic) bond motifs is 1. The van der Waals surface area contributed by atoms with Crippen molar-refractivity contribution in [3.8, 4) is 5.88 Å². The molecule has 0 amide bonds. The number of ether oxygens (including phenoxy) is 1. The summed E-state index contributed by atoms with van der Waals surface area (Å²) in [5, 5.41) is 0.790. The molecule has 0 saturated heterocycles. The topological polar surface area (TPSA) is 22.1 Å². The van der Waals surface area contributed by atoms with Crippen molar-refractivity contribution in [1.82, 2.24) is 4.98 Å². The van der Waals surface area contributed by atoms with Crippen molar-refractivity contribution in [2.75, 3.05) is 7.11 Å². The third kappa shape index (κ3) is 1.89. The normalized spacial score (nSPS) is 10.8. The summed E-state index contributed by atoms with van der Waals surface area (Å²) in [6.45, 7) is 2.01. The van der Waals surface area contributed by atoms with Gasteiger partial charge in [-0.1, -0.05) is 6.92 Å². The van der Waals surface area contributed by atoms with E-state index in [1.165, 1.54) is 6.07 Å². The van der Waals surface area contributed by atoms with Gasteiger partial charge in [-0.05, 0) is 40.5 Å². The van der Waals surface area contributed by atoms with Gasteiger partial charge in [0.15, 0.2) is 0 Å². The van der Waals surface area contributed by atoms with E-state index in [0.717, 1.165) is 22.9 Å². The van der Waals surface area contributed by atoms with Crippen LogP contribution >= 0.6 is 15.9 Å². The highest BCUT2D eigenvalue weighted by molar-refractivity contribution is 9.10. The summed E-state index contributed by atoms with van der Waals surface area (Å²) in [5.41, 5.74) is 1.71. The molecule has 1 aromatic carbocycles. The summed E-state index contributed by atoms with van der Waals surface area (Å²) in [6.07, 6.45) is 0.809. The minimum absolute atomic E-state index is 0.276. The molecular weight excluding hydrogens is 273 g/mol. The van der Waals surface area contributed by atoms with Gasteiger partial charge < -0.3 is 4.74 Å². The maximum absolute atomic E-state index is 13.4. The Hall–Kier alpha value is -1.16. The summed E-state index contributed by atoms with van der Waals surface area (Å²) >= 11 is 3.14. The number of aryl methyl sites for hydroxylation is 1. The fourth-order valence-corrected chi connectivity index (χ4v) is 1.96. The first-order valence-corrected chi connectivity index (χ1v) is 5.77. The molecule has 0 saturated carbocycles. The second-order valence-corrected chi connectivity index (χ2v) is 4.32. The van der Waals surface area contributed by atoms with Crippen LogP contribution in [0.25, 0.3) is 10.9 Å². The molecule has 0 spiro atoms. The minimum atomic E-state index is -0.276. The van der Waals surface area contributed by atoms with Gasteiger partial charge in [0.25, 0.3) is 0 Å². The Morgan fingerprint density at radius 2 is 2.12 bits per heavy atom. The number of hydrogen-bond donors (Lipinski definition) is 0. The highest BCUT2D eigenvalue weighted by Crippen LogP contribution is 2.26. The summed E-state index contributed by atoms with van der Waals surface area (Å²) < 4.78 is 19.0. The third-order valence-corrected chi connectivity index (χ3v) is 3.08. The second kappa shape index (κ2) is 4.37. The molecule has 0 bridgehead atoms. The maximum Gasteiger partial charge on any atom is 0.216 e. The van der Waals surface area contributed by atoms with Crippen molar-refractivity contribution in [2.24, 2.45) is 0 Å². The molecule has 1 aromatic heterocycles. The Bertz CT molecular complexity index is 494. The first-order valence-electron chi connectivity index (χ1n) is 4.98. The number of aromatic nitrogens is 1. The van der Waals surface area contributed by atoms with Crippen LogP contribution in [0.15, 0.2) is 22.7 Å². The first-order chi connectivity index (χ1) is 7.65. The Kier molecular flexibility index (Phi) is 3.10. The molecule has 0 aliphatic heterocycles. The van der Waals surface area contributed by atoms with E-state index in [1.54, 1.807) is 13.2 Å². The lowest BCUT2D eigenvalue weighted by Gasteiger charge is -2.08. The fourth-order valence-electron chi connectivity index (χ4n) is 1.62. The van der Waals surface area contributed by atoms with Gasteiger partial charge in [0.05, 0.1) is 17.1 Å². The number of halogens is 2. The van der Waals surface area contributed by atoms with Crippen molar-refractivity contribution in [3.05, 3.63) is 34.1 Å². The van der Waals surface area contributed by atoms with Crippen LogP contribution in [0.4, 0.5) is 4.39 Å². The van der Waals surface area contributed by atoms with Crippen LogP contribution in [0.3, 0.4) is 0 Å². The molecule has 0 aliphatic carbocycles. The molecule has 1 heterocycles. The molecule has 4 heteroatoms. The number of benzene rings is 1. The Balaban J connectivity index is 2.73. The molecular formula is C12H11BrFNO. The number of hydrogen-bond acceptors (Lipinski definition) is 2. The molecule has 0 aliphatic rings. The lowest BCUT2D eigenvalue weighted by molar-refractivity contribution is 0.394. The zero-order valence-corrected chi connectivity index (χ0v) is 10.6. The fraction of sp³-hybridized carbons (Fsp3) is 0.250. The zero-order valence-electron chi connectivity index (χ0n) is 9.05. The average Bonchev–Trinajstić information content (AvgIpc) is 2.29. The molecule has 0 radical (unpaired) electrons. The van der Waals surface area contributed by atoms with Crippen molar-refractivity contribution >= 4 is 26.8 Å². The largest absolute Gasteiger partial charge is 0.481 e. The number of methoxy groups -OCH3 is 1. The standard InChI is InChI=1S/C12H11BrFNO/c1-3-7-4-8-5-10(14)9(13)6-11(8)15-12(7)16-2/h4-6H,3H2,1-2H3. The van der Waals surface area contributed by atoms with E-state index in [0.29, 0.717) is 10.4 Å². The molecule has 0 N–H and O–H groups in total. The smallest absolute Gasteiger partial charge is 0.216 e. The van der Waals surface area contributed by atoms with E-state index in [9.17, 15) is 4.39 Å². The first kappa shape index (κ1) is 11.3. The highest BCUT2D eigenvalue weighted by atomic mass is 79.9. The van der Waals surface area contributed by atoms with Crippen LogP contribution < -0.4 is 4.74 Å². The van der Waals surface area contributed by atoms with Crippen LogP contribution in [0.2, 0.25) is 0 Å². The van der Waals surface area contributed by atoms with Gasteiger partial charge in [-0.15, -0.1) is 0 Å². The van der Waals surface area contributed by atoms with Crippen molar-refractivity contribution in [3.63, 3.8) is 0 Å². The Morgan fingerprint density at radius 1 is 1.38 bits per heavy atom. The molecule has 0 fully saturated rings. The lowest BCUT2D eigenvalue weighted by atomic mass is 10.1. The van der Waals surface area contributed by atoms with Gasteiger partial charge in [-0.3, -0.25) is 0 Å². The average molecular weight is 284 g/mol. The summed E-state index contributed by atoms with van der Waals surface area (Å²) in [7, 11) is 1.59. The van der Waals surface area contributed by atoms with Gasteiger partial charge >= 0.3 is 0 Å². The van der Waals surface area contributed by atoms with Crippen LogP contribution in [-0.4, -0.2) is 12.1 Å². The molecule has 2 nitrogen and oxygen atoms in total. The van der Waals surface area contributed by atoms with Crippen LogP contribution in [0.5, 0.6) is 5.88 Å². The van der Waals surface area contributed by atoms with Gasteiger partial charge in [0.1, 0.15) is 5.82 Å². The SMILES string of the molecule is CCc1cc2cc(F)c(Br)cc2nc1OC. The van der Waals surface area contributed by atoms with Gasteiger partial charge in [-0.2, -0.15) is 0 Å². The molecule has 2 aromatic rings. The number of nitrogens with zero attached hydrogens (tertiary/aromatic N) is 1. The van der Waals surface area contributed by atoms with E-state index < -0.39 is 0 Å². The molecule has 0 unspecified atom stereocenters.